The highest BCUT2D eigenvalue weighted by Gasteiger charge is 2.26. The van der Waals surface area contributed by atoms with Gasteiger partial charge >= 0.3 is 6.03 Å². The van der Waals surface area contributed by atoms with Crippen molar-refractivity contribution in [3.8, 4) is 0 Å². The zero-order chi connectivity index (χ0) is 16.1. The molecule has 0 aromatic heterocycles. The third kappa shape index (κ3) is 5.11. The number of carbonyl (C=O) groups is 2. The van der Waals surface area contributed by atoms with Crippen LogP contribution in [0.1, 0.15) is 12.5 Å². The van der Waals surface area contributed by atoms with Gasteiger partial charge in [0.05, 0.1) is 0 Å². The number of carbonyl (C=O) groups excluding carboxylic acids is 2. The molecule has 1 fully saturated rings. The predicted molar refractivity (Wildman–Crippen MR) is 93.8 cm³/mol. The summed E-state index contributed by atoms with van der Waals surface area (Å²) in [6.45, 7) is 6.38. The number of hydrogen-bond donors (Lipinski definition) is 2. The van der Waals surface area contributed by atoms with Crippen LogP contribution in [0.3, 0.4) is 0 Å². The number of urea groups is 1. The molecular weight excluding hydrogens is 316 g/mol. The summed E-state index contributed by atoms with van der Waals surface area (Å²) in [6, 6.07) is 7.58. The number of benzene rings is 1. The van der Waals surface area contributed by atoms with Gasteiger partial charge in [0, 0.05) is 44.3 Å². The molecule has 7 heteroatoms. The fourth-order valence-electron chi connectivity index (χ4n) is 2.47. The molecule has 0 saturated carbocycles. The van der Waals surface area contributed by atoms with E-state index in [-0.39, 0.29) is 30.3 Å². The van der Waals surface area contributed by atoms with Crippen molar-refractivity contribution in [3.63, 3.8) is 0 Å². The van der Waals surface area contributed by atoms with E-state index in [1.165, 1.54) is 0 Å². The van der Waals surface area contributed by atoms with Crippen molar-refractivity contribution in [1.29, 1.82) is 0 Å². The molecule has 1 unspecified atom stereocenters. The molecule has 1 aromatic carbocycles. The smallest absolute Gasteiger partial charge is 0.321 e. The summed E-state index contributed by atoms with van der Waals surface area (Å²) in [6.07, 6.45) is 0. The Morgan fingerprint density at radius 2 is 1.83 bits per heavy atom. The minimum Gasteiger partial charge on any atom is -0.339 e. The highest BCUT2D eigenvalue weighted by atomic mass is 35.5. The molecule has 3 N–H and O–H groups in total. The van der Waals surface area contributed by atoms with Crippen molar-refractivity contribution in [3.05, 3.63) is 29.8 Å². The first-order valence-corrected chi connectivity index (χ1v) is 7.62. The summed E-state index contributed by atoms with van der Waals surface area (Å²) >= 11 is 0. The van der Waals surface area contributed by atoms with Crippen molar-refractivity contribution < 1.29 is 9.59 Å². The lowest BCUT2D eigenvalue weighted by atomic mass is 10.1. The third-order valence-electron chi connectivity index (χ3n) is 3.92. The summed E-state index contributed by atoms with van der Waals surface area (Å²) in [5.74, 6) is -0.0890. The maximum atomic E-state index is 12.2. The van der Waals surface area contributed by atoms with Gasteiger partial charge in [0.25, 0.3) is 0 Å². The van der Waals surface area contributed by atoms with Crippen LogP contribution >= 0.6 is 12.4 Å². The Kier molecular flexibility index (Phi) is 7.32. The molecule has 1 saturated heterocycles. The second-order valence-electron chi connectivity index (χ2n) is 5.75. The molecule has 1 atom stereocenters. The predicted octanol–water partition coefficient (Wildman–Crippen LogP) is 1.69. The number of nitrogens with two attached hydrogens (primary N) is 1. The Hall–Kier alpha value is -1.79. The van der Waals surface area contributed by atoms with Gasteiger partial charge in [-0.1, -0.05) is 19.1 Å². The second kappa shape index (κ2) is 8.74. The number of piperazine rings is 1. The van der Waals surface area contributed by atoms with Gasteiger partial charge in [-0.3, -0.25) is 4.79 Å². The van der Waals surface area contributed by atoms with Crippen LogP contribution in [0.25, 0.3) is 0 Å². The van der Waals surface area contributed by atoms with Crippen molar-refractivity contribution in [2.45, 2.75) is 13.8 Å². The SMILES string of the molecule is Cc1cccc(NC(=O)N2CCN(C(=O)C(C)CN)CC2)c1.Cl. The van der Waals surface area contributed by atoms with E-state index in [1.807, 2.05) is 38.1 Å². The molecule has 0 radical (unpaired) electrons. The highest BCUT2D eigenvalue weighted by molar-refractivity contribution is 5.89. The lowest BCUT2D eigenvalue weighted by molar-refractivity contribution is -0.136. The molecule has 0 bridgehead atoms. The van der Waals surface area contributed by atoms with Crippen LogP contribution in [-0.2, 0) is 4.79 Å². The van der Waals surface area contributed by atoms with Crippen molar-refractivity contribution >= 4 is 30.0 Å². The van der Waals surface area contributed by atoms with Gasteiger partial charge in [0.2, 0.25) is 5.91 Å². The van der Waals surface area contributed by atoms with Crippen LogP contribution < -0.4 is 11.1 Å². The quantitative estimate of drug-likeness (QED) is 0.878. The van der Waals surface area contributed by atoms with E-state index in [1.54, 1.807) is 9.80 Å². The first-order chi connectivity index (χ1) is 10.5. The van der Waals surface area contributed by atoms with Gasteiger partial charge < -0.3 is 20.9 Å². The standard InChI is InChI=1S/C16H24N4O2.ClH/c1-12-4-3-5-14(10-12)18-16(22)20-8-6-19(7-9-20)15(21)13(2)11-17;/h3-5,10,13H,6-9,11,17H2,1-2H3,(H,18,22);1H. The topological polar surface area (TPSA) is 78.7 Å². The fraction of sp³-hybridized carbons (Fsp3) is 0.500. The summed E-state index contributed by atoms with van der Waals surface area (Å²) in [4.78, 5) is 27.8. The zero-order valence-corrected chi connectivity index (χ0v) is 14.4. The first-order valence-electron chi connectivity index (χ1n) is 7.62. The second-order valence-corrected chi connectivity index (χ2v) is 5.75. The fourth-order valence-corrected chi connectivity index (χ4v) is 2.47. The van der Waals surface area contributed by atoms with Gasteiger partial charge in [-0.2, -0.15) is 0 Å². The summed E-state index contributed by atoms with van der Waals surface area (Å²) < 4.78 is 0. The zero-order valence-electron chi connectivity index (χ0n) is 13.6. The molecule has 0 spiro atoms. The van der Waals surface area contributed by atoms with Crippen LogP contribution in [0.5, 0.6) is 0 Å². The number of nitrogens with zero attached hydrogens (tertiary/aromatic N) is 2. The monoisotopic (exact) mass is 340 g/mol. The Bertz CT molecular complexity index is 545. The van der Waals surface area contributed by atoms with Crippen molar-refractivity contribution in [2.75, 3.05) is 38.0 Å². The van der Waals surface area contributed by atoms with Crippen LogP contribution in [0.2, 0.25) is 0 Å². The Labute approximate surface area is 143 Å². The normalized spacial score (nSPS) is 15.6. The lowest BCUT2D eigenvalue weighted by Crippen LogP contribution is -2.53. The number of aryl methyl sites for hydroxylation is 1. The van der Waals surface area contributed by atoms with Crippen LogP contribution in [-0.4, -0.2) is 54.5 Å². The molecule has 1 aliphatic rings. The van der Waals surface area contributed by atoms with Crippen LogP contribution in [0.15, 0.2) is 24.3 Å². The Balaban J connectivity index is 0.00000264. The Morgan fingerprint density at radius 3 is 2.39 bits per heavy atom. The van der Waals surface area contributed by atoms with Gasteiger partial charge in [-0.05, 0) is 24.6 Å². The third-order valence-corrected chi connectivity index (χ3v) is 3.92. The van der Waals surface area contributed by atoms with Crippen molar-refractivity contribution in [2.24, 2.45) is 11.7 Å². The molecule has 3 amide bonds. The van der Waals surface area contributed by atoms with E-state index in [4.69, 9.17) is 5.73 Å². The average molecular weight is 341 g/mol. The summed E-state index contributed by atoms with van der Waals surface area (Å²) in [5.41, 5.74) is 7.42. The number of nitrogens with one attached hydrogen (secondary N) is 1. The lowest BCUT2D eigenvalue weighted by Gasteiger charge is -2.35. The van der Waals surface area contributed by atoms with E-state index in [9.17, 15) is 9.59 Å². The number of anilines is 1. The number of amides is 3. The molecule has 1 heterocycles. The van der Waals surface area contributed by atoms with E-state index in [2.05, 4.69) is 5.32 Å². The molecule has 2 rings (SSSR count). The van der Waals surface area contributed by atoms with Crippen molar-refractivity contribution in [1.82, 2.24) is 9.80 Å². The molecular formula is C16H25ClN4O2. The summed E-state index contributed by atoms with van der Waals surface area (Å²) in [5, 5.41) is 2.89. The van der Waals surface area contributed by atoms with E-state index >= 15 is 0 Å². The minimum atomic E-state index is -0.160. The molecule has 23 heavy (non-hydrogen) atoms. The van der Waals surface area contributed by atoms with Gasteiger partial charge in [-0.15, -0.1) is 12.4 Å². The van der Waals surface area contributed by atoms with Crippen LogP contribution in [0.4, 0.5) is 10.5 Å². The molecule has 0 aliphatic carbocycles. The van der Waals surface area contributed by atoms with E-state index < -0.39 is 0 Å². The average Bonchev–Trinajstić information content (AvgIpc) is 2.53. The van der Waals surface area contributed by atoms with Crippen LogP contribution in [0, 0.1) is 12.8 Å². The Morgan fingerprint density at radius 1 is 1.22 bits per heavy atom. The maximum absolute atomic E-state index is 12.2. The number of hydrogen-bond acceptors (Lipinski definition) is 3. The summed E-state index contributed by atoms with van der Waals surface area (Å²) in [7, 11) is 0. The molecule has 6 nitrogen and oxygen atoms in total. The minimum absolute atomic E-state index is 0. The van der Waals surface area contributed by atoms with Gasteiger partial charge in [-0.25, -0.2) is 4.79 Å². The van der Waals surface area contributed by atoms with E-state index in [0.29, 0.717) is 32.7 Å². The molecule has 1 aromatic rings. The van der Waals surface area contributed by atoms with Gasteiger partial charge in [0.1, 0.15) is 0 Å². The highest BCUT2D eigenvalue weighted by Crippen LogP contribution is 2.12. The number of halogens is 1. The maximum Gasteiger partial charge on any atom is 0.321 e. The first kappa shape index (κ1) is 19.3. The number of rotatable bonds is 3. The largest absolute Gasteiger partial charge is 0.339 e. The van der Waals surface area contributed by atoms with E-state index in [0.717, 1.165) is 11.3 Å². The molecule has 1 aliphatic heterocycles. The van der Waals surface area contributed by atoms with Gasteiger partial charge in [0.15, 0.2) is 0 Å². The molecule has 128 valence electrons.